The Morgan fingerprint density at radius 2 is 0.978 bits per heavy atom. The zero-order valence-corrected chi connectivity index (χ0v) is 26.3. The number of benzene rings is 7. The van der Waals surface area contributed by atoms with Crippen molar-refractivity contribution in [3.63, 3.8) is 0 Å². The second-order valence-corrected chi connectivity index (χ2v) is 12.4. The molecule has 1 aliphatic carbocycles. The molecule has 46 heavy (non-hydrogen) atoms. The molecular formula is C44H34N2. The molecule has 8 rings (SSSR count). The minimum Gasteiger partial charge on any atom is -0.246 e. The molecule has 0 saturated carbocycles. The molecule has 0 saturated heterocycles. The van der Waals surface area contributed by atoms with Crippen LogP contribution in [0.25, 0.3) is 21.5 Å². The number of nitrogens with zero attached hydrogens (tertiary/aromatic N) is 2. The Bertz CT molecular complexity index is 2260. The minimum atomic E-state index is 0.00732. The van der Waals surface area contributed by atoms with Crippen LogP contribution in [0.15, 0.2) is 156 Å². The van der Waals surface area contributed by atoms with Gasteiger partial charge in [-0.15, -0.1) is 0 Å². The fraction of sp³-hybridized carbons (Fsp3) is 0.0909. The quantitative estimate of drug-likeness (QED) is 0.178. The lowest BCUT2D eigenvalue weighted by Crippen LogP contribution is -2.11. The monoisotopic (exact) mass is 590 g/mol. The predicted molar refractivity (Wildman–Crippen MR) is 195 cm³/mol. The van der Waals surface area contributed by atoms with Crippen molar-refractivity contribution in [1.29, 1.82) is 0 Å². The Hall–Kier alpha value is -5.60. The molecule has 0 radical (unpaired) electrons. The Balaban J connectivity index is 1.46. The average Bonchev–Trinajstić information content (AvgIpc) is 3.38. The highest BCUT2D eigenvalue weighted by atomic mass is 14.8. The van der Waals surface area contributed by atoms with Crippen molar-refractivity contribution >= 4 is 44.3 Å². The van der Waals surface area contributed by atoms with Gasteiger partial charge in [0, 0.05) is 27.8 Å². The molecule has 0 spiro atoms. The van der Waals surface area contributed by atoms with E-state index in [9.17, 15) is 0 Å². The third kappa shape index (κ3) is 4.74. The predicted octanol–water partition coefficient (Wildman–Crippen LogP) is 11.4. The lowest BCUT2D eigenvalue weighted by Gasteiger charge is -2.22. The second-order valence-electron chi connectivity index (χ2n) is 12.4. The molecular weight excluding hydrogens is 556 g/mol. The van der Waals surface area contributed by atoms with E-state index in [0.29, 0.717) is 0 Å². The van der Waals surface area contributed by atoms with Crippen LogP contribution < -0.4 is 0 Å². The molecule has 2 heteroatoms. The molecule has 0 amide bonds. The zero-order chi connectivity index (χ0) is 31.2. The van der Waals surface area contributed by atoms with E-state index in [4.69, 9.17) is 9.98 Å². The Morgan fingerprint density at radius 1 is 0.457 bits per heavy atom. The van der Waals surface area contributed by atoms with Gasteiger partial charge in [-0.1, -0.05) is 151 Å². The molecule has 0 N–H and O–H groups in total. The summed E-state index contributed by atoms with van der Waals surface area (Å²) in [6.07, 6.45) is 0. The molecule has 220 valence electrons. The van der Waals surface area contributed by atoms with Crippen LogP contribution in [0, 0.1) is 20.8 Å². The van der Waals surface area contributed by atoms with Crippen LogP contribution in [0.5, 0.6) is 0 Å². The summed E-state index contributed by atoms with van der Waals surface area (Å²) in [5.74, 6) is 0.00732. The van der Waals surface area contributed by atoms with Crippen molar-refractivity contribution in [2.45, 2.75) is 26.7 Å². The van der Waals surface area contributed by atoms with Gasteiger partial charge < -0.3 is 0 Å². The number of hydrogen-bond donors (Lipinski definition) is 0. The van der Waals surface area contributed by atoms with Gasteiger partial charge >= 0.3 is 0 Å². The summed E-state index contributed by atoms with van der Waals surface area (Å²) < 4.78 is 0. The highest BCUT2D eigenvalue weighted by Gasteiger charge is 2.29. The molecule has 7 aromatic carbocycles. The number of hydrogen-bond acceptors (Lipinski definition) is 2. The van der Waals surface area contributed by atoms with E-state index in [0.717, 1.165) is 39.3 Å². The van der Waals surface area contributed by atoms with Crippen LogP contribution in [0.4, 0.5) is 11.4 Å². The summed E-state index contributed by atoms with van der Waals surface area (Å²) in [5, 5.41) is 4.72. The molecule has 0 unspecified atom stereocenters. The summed E-state index contributed by atoms with van der Waals surface area (Å²) in [6, 6.07) is 52.2. The third-order valence-electron chi connectivity index (χ3n) is 9.23. The SMILES string of the molecule is Cc1cc(C)c(N=C2C(=Nc3c(C(c4ccccc4)c4ccccc4)ccc4ccccc34)c3cccc4cccc2c34)c(C)c1. The van der Waals surface area contributed by atoms with Gasteiger partial charge in [0.25, 0.3) is 0 Å². The molecule has 0 fully saturated rings. The van der Waals surface area contributed by atoms with Gasteiger partial charge in [-0.3, -0.25) is 0 Å². The lowest BCUT2D eigenvalue weighted by atomic mass is 9.83. The normalized spacial score (nSPS) is 14.3. The molecule has 7 aromatic rings. The fourth-order valence-corrected chi connectivity index (χ4v) is 7.26. The van der Waals surface area contributed by atoms with E-state index >= 15 is 0 Å². The number of aryl methyl sites for hydroxylation is 3. The van der Waals surface area contributed by atoms with Crippen LogP contribution >= 0.6 is 0 Å². The first-order valence-corrected chi connectivity index (χ1v) is 16.0. The van der Waals surface area contributed by atoms with Crippen molar-refractivity contribution in [2.75, 3.05) is 0 Å². The summed E-state index contributed by atoms with van der Waals surface area (Å²) in [6.45, 7) is 6.46. The molecule has 2 nitrogen and oxygen atoms in total. The largest absolute Gasteiger partial charge is 0.246 e. The van der Waals surface area contributed by atoms with E-state index in [-0.39, 0.29) is 5.92 Å². The first kappa shape index (κ1) is 27.9. The van der Waals surface area contributed by atoms with Crippen molar-refractivity contribution in [3.05, 3.63) is 190 Å². The van der Waals surface area contributed by atoms with Crippen LogP contribution in [-0.2, 0) is 0 Å². The van der Waals surface area contributed by atoms with Gasteiger partial charge in [-0.05, 0) is 59.4 Å². The zero-order valence-electron chi connectivity index (χ0n) is 26.3. The molecule has 1 aliphatic rings. The van der Waals surface area contributed by atoms with Crippen LogP contribution in [-0.4, -0.2) is 11.4 Å². The van der Waals surface area contributed by atoms with E-state index in [1.807, 2.05) is 0 Å². The first-order chi connectivity index (χ1) is 22.6. The molecule has 0 atom stereocenters. The van der Waals surface area contributed by atoms with Crippen molar-refractivity contribution in [3.8, 4) is 0 Å². The van der Waals surface area contributed by atoms with Gasteiger partial charge in [-0.25, -0.2) is 9.98 Å². The summed E-state index contributed by atoms with van der Waals surface area (Å²) in [5.41, 5.74) is 13.4. The maximum absolute atomic E-state index is 5.74. The van der Waals surface area contributed by atoms with Gasteiger partial charge in [0.05, 0.1) is 22.8 Å². The topological polar surface area (TPSA) is 24.7 Å². The maximum atomic E-state index is 5.74. The van der Waals surface area contributed by atoms with Crippen molar-refractivity contribution in [2.24, 2.45) is 9.98 Å². The summed E-state index contributed by atoms with van der Waals surface area (Å²) in [4.78, 5) is 11.2. The van der Waals surface area contributed by atoms with E-state index in [1.54, 1.807) is 0 Å². The van der Waals surface area contributed by atoms with E-state index in [2.05, 4.69) is 166 Å². The van der Waals surface area contributed by atoms with E-state index in [1.165, 1.54) is 49.5 Å². The number of rotatable bonds is 5. The first-order valence-electron chi connectivity index (χ1n) is 16.0. The van der Waals surface area contributed by atoms with Crippen LogP contribution in [0.3, 0.4) is 0 Å². The van der Waals surface area contributed by atoms with Crippen molar-refractivity contribution < 1.29 is 0 Å². The highest BCUT2D eigenvalue weighted by molar-refractivity contribution is 6.61. The molecule has 0 bridgehead atoms. The molecule has 0 aromatic heterocycles. The van der Waals surface area contributed by atoms with Gasteiger partial charge in [0.1, 0.15) is 0 Å². The molecule has 0 aliphatic heterocycles. The Morgan fingerprint density at radius 3 is 1.59 bits per heavy atom. The molecule has 0 heterocycles. The minimum absolute atomic E-state index is 0.00732. The Labute approximate surface area is 270 Å². The van der Waals surface area contributed by atoms with Gasteiger partial charge in [0.2, 0.25) is 0 Å². The highest BCUT2D eigenvalue weighted by Crippen LogP contribution is 2.43. The fourth-order valence-electron chi connectivity index (χ4n) is 7.26. The second kappa shape index (κ2) is 11.4. The summed E-state index contributed by atoms with van der Waals surface area (Å²) >= 11 is 0. The smallest absolute Gasteiger partial charge is 0.0979 e. The lowest BCUT2D eigenvalue weighted by molar-refractivity contribution is 0.979. The maximum Gasteiger partial charge on any atom is 0.0979 e. The van der Waals surface area contributed by atoms with Gasteiger partial charge in [0.15, 0.2) is 0 Å². The van der Waals surface area contributed by atoms with Gasteiger partial charge in [-0.2, -0.15) is 0 Å². The average molecular weight is 591 g/mol. The van der Waals surface area contributed by atoms with E-state index < -0.39 is 0 Å². The third-order valence-corrected chi connectivity index (χ3v) is 9.23. The summed E-state index contributed by atoms with van der Waals surface area (Å²) in [7, 11) is 0. The number of aliphatic imine (C=N–C) groups is 2. The standard InChI is InChI=1S/C44H34N2/c1-28-26-29(2)41(30(3)27-28)45-43-36-22-12-19-34-20-13-23-37(40(34)36)44(43)46-42-35-21-11-10-14-31(35)24-25-38(42)39(32-15-6-4-7-16-32)33-17-8-5-9-18-33/h4-27,39H,1-3H3. The van der Waals surface area contributed by atoms with Crippen LogP contribution in [0.2, 0.25) is 0 Å². The van der Waals surface area contributed by atoms with Crippen molar-refractivity contribution in [1.82, 2.24) is 0 Å². The Kier molecular flexibility index (Phi) is 6.92. The number of fused-ring (bicyclic) bond motifs is 1. The van der Waals surface area contributed by atoms with Crippen LogP contribution in [0.1, 0.15) is 50.4 Å².